The number of carboxylic acid groups (broad SMARTS) is 1. The topological polar surface area (TPSA) is 184 Å². The summed E-state index contributed by atoms with van der Waals surface area (Å²) < 4.78 is 11.7. The van der Waals surface area contributed by atoms with Crippen molar-refractivity contribution in [1.29, 1.82) is 0 Å². The lowest BCUT2D eigenvalue weighted by atomic mass is 9.88. The summed E-state index contributed by atoms with van der Waals surface area (Å²) >= 11 is 9.58. The van der Waals surface area contributed by atoms with E-state index in [2.05, 4.69) is 26.2 Å². The number of aromatic amines is 1. The first-order valence-corrected chi connectivity index (χ1v) is 10.6. The summed E-state index contributed by atoms with van der Waals surface area (Å²) in [5, 5.41) is 55.2. The van der Waals surface area contributed by atoms with Gasteiger partial charge in [0.1, 0.15) is 30.0 Å². The van der Waals surface area contributed by atoms with E-state index in [0.29, 0.717) is 15.4 Å². The van der Waals surface area contributed by atoms with Crippen molar-refractivity contribution in [3.63, 3.8) is 0 Å². The predicted molar refractivity (Wildman–Crippen MR) is 112 cm³/mol. The molecule has 0 aliphatic carbocycles. The maximum absolute atomic E-state index is 12.2. The molecule has 32 heavy (non-hydrogen) atoms. The van der Waals surface area contributed by atoms with Crippen LogP contribution in [-0.2, 0) is 14.3 Å². The molecule has 0 spiro atoms. The third-order valence-corrected chi connectivity index (χ3v) is 6.43. The highest BCUT2D eigenvalue weighted by Crippen LogP contribution is 2.41. The van der Waals surface area contributed by atoms with Crippen LogP contribution in [0, 0.1) is 0 Å². The molecule has 176 valence electrons. The predicted octanol–water partition coefficient (Wildman–Crippen LogP) is -1.22. The van der Waals surface area contributed by atoms with Gasteiger partial charge in [-0.1, -0.05) is 11.6 Å². The Bertz CT molecular complexity index is 1020. The number of aliphatic carboxylic acids is 1. The molecule has 3 rings (SSSR count). The third kappa shape index (κ3) is 4.57. The highest BCUT2D eigenvalue weighted by Gasteiger charge is 2.53. The molecule has 1 fully saturated rings. The molecule has 2 aromatic rings. The van der Waals surface area contributed by atoms with Crippen molar-refractivity contribution in [3.05, 3.63) is 27.8 Å². The van der Waals surface area contributed by atoms with Crippen molar-refractivity contribution < 1.29 is 44.6 Å². The smallest absolute Gasteiger partial charge is 0.254 e. The molecule has 1 aromatic heterocycles. The zero-order chi connectivity index (χ0) is 23.8. The lowest BCUT2D eigenvalue weighted by Crippen LogP contribution is -2.70. The highest BCUT2D eigenvalue weighted by molar-refractivity contribution is 9.10. The molecular weight excluding hydrogens is 516 g/mol. The normalized spacial score (nSPS) is 27.7. The molecule has 13 heteroatoms. The van der Waals surface area contributed by atoms with E-state index in [1.165, 1.54) is 6.20 Å². The Morgan fingerprint density at radius 3 is 2.75 bits per heavy atom. The Morgan fingerprint density at radius 2 is 2.16 bits per heavy atom. The van der Waals surface area contributed by atoms with Crippen LogP contribution < -0.4 is 15.2 Å². The van der Waals surface area contributed by atoms with Crippen molar-refractivity contribution in [2.45, 2.75) is 49.6 Å². The fourth-order valence-corrected chi connectivity index (χ4v) is 4.20. The lowest BCUT2D eigenvalue weighted by molar-refractivity contribution is -0.367. The molecular formula is C19H21BrClN2O9-. The van der Waals surface area contributed by atoms with Crippen molar-refractivity contribution in [2.75, 3.05) is 6.61 Å². The highest BCUT2D eigenvalue weighted by atomic mass is 79.9. The minimum atomic E-state index is -2.63. The molecule has 6 atom stereocenters. The van der Waals surface area contributed by atoms with Crippen molar-refractivity contribution in [3.8, 4) is 5.75 Å². The Kier molecular flexibility index (Phi) is 7.34. The van der Waals surface area contributed by atoms with Gasteiger partial charge in [-0.3, -0.25) is 4.79 Å². The summed E-state index contributed by atoms with van der Waals surface area (Å²) in [5.41, 5.74) is 0.515. The van der Waals surface area contributed by atoms with Gasteiger partial charge >= 0.3 is 0 Å². The van der Waals surface area contributed by atoms with E-state index >= 15 is 0 Å². The zero-order valence-electron chi connectivity index (χ0n) is 16.6. The molecule has 0 bridgehead atoms. The second-order valence-corrected chi connectivity index (χ2v) is 8.63. The van der Waals surface area contributed by atoms with Gasteiger partial charge in [-0.25, -0.2) is 0 Å². The van der Waals surface area contributed by atoms with Crippen LogP contribution in [0.1, 0.15) is 13.3 Å². The monoisotopic (exact) mass is 535 g/mol. The number of aliphatic hydroxyl groups is 4. The number of hydrogen-bond donors (Lipinski definition) is 6. The fraction of sp³-hybridized carbons (Fsp3) is 0.474. The molecule has 1 amide bonds. The van der Waals surface area contributed by atoms with Crippen LogP contribution >= 0.6 is 27.5 Å². The molecule has 0 saturated carbocycles. The number of halogens is 2. The number of ether oxygens (including phenoxy) is 2. The Labute approximate surface area is 195 Å². The summed E-state index contributed by atoms with van der Waals surface area (Å²) in [6.07, 6.45) is -6.30. The molecule has 6 N–H and O–H groups in total. The number of amides is 1. The number of aromatic nitrogens is 1. The fourth-order valence-electron chi connectivity index (χ4n) is 3.61. The van der Waals surface area contributed by atoms with Crippen molar-refractivity contribution in [2.24, 2.45) is 0 Å². The number of H-pyrrole nitrogens is 1. The standard InChI is InChI=1S/C19H22BrClN2O9/c1-7(25)23-15-10(26)4-19(18(29)30,32-17(15)16(28)11(27)6-24)31-12-5-22-9-3-2-8(20)14(21)13(9)12/h2-3,5,10-11,15-17,22,24,26-28H,4,6H2,1H3,(H,23,25)(H,29,30)/p-1. The number of rotatable bonds is 7. The lowest BCUT2D eigenvalue weighted by Gasteiger charge is -2.48. The van der Waals surface area contributed by atoms with E-state index in [-0.39, 0.29) is 10.8 Å². The van der Waals surface area contributed by atoms with E-state index in [1.54, 1.807) is 12.1 Å². The zero-order valence-corrected chi connectivity index (χ0v) is 19.0. The molecule has 0 radical (unpaired) electrons. The molecule has 1 aliphatic heterocycles. The van der Waals surface area contributed by atoms with Crippen LogP contribution in [0.2, 0.25) is 5.02 Å². The van der Waals surface area contributed by atoms with Crippen molar-refractivity contribution >= 4 is 50.3 Å². The average Bonchev–Trinajstić information content (AvgIpc) is 3.14. The number of carbonyl (C=O) groups is 2. The van der Waals surface area contributed by atoms with Gasteiger partial charge < -0.3 is 50.1 Å². The van der Waals surface area contributed by atoms with Crippen LogP contribution in [0.3, 0.4) is 0 Å². The van der Waals surface area contributed by atoms with Gasteiger partial charge in [0.25, 0.3) is 5.79 Å². The quantitative estimate of drug-likeness (QED) is 0.252. The molecule has 1 saturated heterocycles. The maximum Gasteiger partial charge on any atom is 0.254 e. The molecule has 2 heterocycles. The first-order valence-electron chi connectivity index (χ1n) is 9.46. The number of carboxylic acids is 1. The van der Waals surface area contributed by atoms with Crippen LogP contribution in [0.5, 0.6) is 5.75 Å². The molecule has 1 aromatic carbocycles. The van der Waals surface area contributed by atoms with Gasteiger partial charge in [0, 0.05) is 24.0 Å². The minimum absolute atomic E-state index is 0.0448. The number of benzene rings is 1. The summed E-state index contributed by atoms with van der Waals surface area (Å²) in [6.45, 7) is 0.247. The van der Waals surface area contributed by atoms with Crippen LogP contribution in [0.25, 0.3) is 10.9 Å². The second-order valence-electron chi connectivity index (χ2n) is 7.40. The Hall–Kier alpha value is -1.93. The summed E-state index contributed by atoms with van der Waals surface area (Å²) in [5.74, 6) is -5.16. The second kappa shape index (κ2) is 9.51. The van der Waals surface area contributed by atoms with E-state index in [1.807, 2.05) is 0 Å². The summed E-state index contributed by atoms with van der Waals surface area (Å²) in [6, 6.07) is 2.01. The summed E-state index contributed by atoms with van der Waals surface area (Å²) in [4.78, 5) is 26.6. The number of aliphatic hydroxyl groups excluding tert-OH is 4. The van der Waals surface area contributed by atoms with E-state index < -0.39 is 61.1 Å². The number of nitrogens with one attached hydrogen (secondary N) is 2. The first kappa shape index (κ1) is 24.7. The van der Waals surface area contributed by atoms with Crippen LogP contribution in [0.15, 0.2) is 22.8 Å². The van der Waals surface area contributed by atoms with Crippen molar-refractivity contribution in [1.82, 2.24) is 10.3 Å². The Morgan fingerprint density at radius 1 is 1.47 bits per heavy atom. The largest absolute Gasteiger partial charge is 0.543 e. The first-order chi connectivity index (χ1) is 15.0. The van der Waals surface area contributed by atoms with Gasteiger partial charge in [0.2, 0.25) is 5.91 Å². The van der Waals surface area contributed by atoms with Gasteiger partial charge in [-0.2, -0.15) is 0 Å². The number of fused-ring (bicyclic) bond motifs is 1. The maximum atomic E-state index is 12.2. The van der Waals surface area contributed by atoms with E-state index in [9.17, 15) is 35.1 Å². The molecule has 6 unspecified atom stereocenters. The van der Waals surface area contributed by atoms with E-state index in [0.717, 1.165) is 6.92 Å². The van der Waals surface area contributed by atoms with Gasteiger partial charge in [0.15, 0.2) is 0 Å². The van der Waals surface area contributed by atoms with Gasteiger partial charge in [-0.15, -0.1) is 0 Å². The van der Waals surface area contributed by atoms with Gasteiger partial charge in [0.05, 0.1) is 34.7 Å². The number of carbonyl (C=O) groups excluding carboxylic acids is 2. The third-order valence-electron chi connectivity index (χ3n) is 5.15. The summed E-state index contributed by atoms with van der Waals surface area (Å²) in [7, 11) is 0. The molecule has 1 aliphatic rings. The van der Waals surface area contributed by atoms with Gasteiger partial charge in [-0.05, 0) is 28.1 Å². The Balaban J connectivity index is 2.05. The molecule has 11 nitrogen and oxygen atoms in total. The minimum Gasteiger partial charge on any atom is -0.543 e. The van der Waals surface area contributed by atoms with Crippen LogP contribution in [0.4, 0.5) is 0 Å². The SMILES string of the molecule is CC(=O)NC1C(O)CC(Oc2c[nH]c3ccc(Br)c(Cl)c23)(C(=O)[O-])OC1C(O)C(O)CO. The van der Waals surface area contributed by atoms with E-state index in [4.69, 9.17) is 21.1 Å². The average molecular weight is 537 g/mol. The van der Waals surface area contributed by atoms with Crippen LogP contribution in [-0.4, -0.2) is 80.1 Å². The number of hydrogen-bond acceptors (Lipinski definition) is 9.